The minimum atomic E-state index is -4.61. The Bertz CT molecular complexity index is 1130. The zero-order valence-corrected chi connectivity index (χ0v) is 25.2. The normalized spacial score (nSPS) is 19.8. The van der Waals surface area contributed by atoms with Gasteiger partial charge >= 0.3 is 70.6 Å². The van der Waals surface area contributed by atoms with E-state index in [9.17, 15) is 41.1 Å². The molecule has 186 valence electrons. The van der Waals surface area contributed by atoms with Crippen LogP contribution in [0.25, 0.3) is 0 Å². The van der Waals surface area contributed by atoms with Crippen molar-refractivity contribution in [3.05, 3.63) is 17.2 Å². The second-order valence-electron chi connectivity index (χ2n) is 6.42. The molecule has 2 amide bonds. The van der Waals surface area contributed by atoms with E-state index < -0.39 is 68.1 Å². The molecule has 0 radical (unpaired) electrons. The Morgan fingerprint density at radius 1 is 1.31 bits per heavy atom. The third-order valence-electron chi connectivity index (χ3n) is 4.06. The number of hydrogen-bond donors (Lipinski definition) is 3. The number of aliphatic carboxylic acids is 1. The molecule has 1 aromatic rings. The number of carbonyl (C=O) groups is 3. The van der Waals surface area contributed by atoms with Crippen molar-refractivity contribution in [1.82, 2.24) is 20.4 Å². The molecule has 1 unspecified atom stereocenters. The van der Waals surface area contributed by atoms with Gasteiger partial charge in [0.05, 0.1) is 5.75 Å². The van der Waals surface area contributed by atoms with Crippen molar-refractivity contribution >= 4 is 63.2 Å². The Morgan fingerprint density at radius 2 is 1.97 bits per heavy atom. The third kappa shape index (κ3) is 9.08. The van der Waals surface area contributed by atoms with Gasteiger partial charge < -0.3 is 17.7 Å². The van der Waals surface area contributed by atoms with Crippen molar-refractivity contribution in [1.29, 1.82) is 0 Å². The second-order valence-corrected chi connectivity index (χ2v) is 10.9. The van der Waals surface area contributed by atoms with Crippen molar-refractivity contribution in [2.75, 3.05) is 17.3 Å². The maximum Gasteiger partial charge on any atom is 1.00 e. The van der Waals surface area contributed by atoms with Crippen LogP contribution in [0.2, 0.25) is 0 Å². The molecule has 2 aliphatic heterocycles. The zero-order chi connectivity index (χ0) is 24.6. The second kappa shape index (κ2) is 13.2. The average molecular weight is 599 g/mol. The molecule has 2 aliphatic rings. The number of fused-ring (bicyclic) bond motifs is 1. The van der Waals surface area contributed by atoms with Crippen LogP contribution in [-0.4, -0.2) is 85.1 Å². The smallest absolute Gasteiger partial charge is 1.00 e. The largest absolute Gasteiger partial charge is 1.00 e. The van der Waals surface area contributed by atoms with Gasteiger partial charge in [-0.1, -0.05) is 11.8 Å². The van der Waals surface area contributed by atoms with Crippen LogP contribution in [0.3, 0.4) is 0 Å². The number of hydrogen-bond acceptors (Lipinski definition) is 11. The number of rotatable bonds is 9. The van der Waals surface area contributed by atoms with Gasteiger partial charge in [-0.05, 0) is 17.3 Å². The van der Waals surface area contributed by atoms with E-state index in [-0.39, 0.29) is 90.3 Å². The van der Waals surface area contributed by atoms with Gasteiger partial charge in [-0.25, -0.2) is 4.79 Å². The molecule has 0 saturated carbocycles. The Hall–Kier alpha value is 0.0400. The molecule has 2 atom stereocenters. The molecular formula is C14H15F3N4Na2O8S4. The van der Waals surface area contributed by atoms with E-state index in [1.165, 1.54) is 0 Å². The molecule has 0 spiro atoms. The zero-order valence-electron chi connectivity index (χ0n) is 19.9. The minimum absolute atomic E-state index is 0. The first-order chi connectivity index (χ1) is 15.2. The van der Waals surface area contributed by atoms with Gasteiger partial charge in [0.2, 0.25) is 11.8 Å². The summed E-state index contributed by atoms with van der Waals surface area (Å²) >= 11 is 1.44. The number of carboxylic acids is 1. The fourth-order valence-corrected chi connectivity index (χ4v) is 5.89. The standard InChI is InChI=1S/C14H13F3N4O8S4.2Na.2H/c15-14(16,17)32-3-6(22)18-8-10(23)21-9(12(24)25)5(1-30-11(8)21)2-31-13-20-19-7(29-13)4-33(26,27)28;;;;/h8,11H,1-4H2,(H,18,22)(H,24,25)(H,26,27,28);;;;/q;2*+1;2*-1/t8?,11-;;;;/m1..../s1. The average Bonchev–Trinajstić information content (AvgIpc) is 3.12. The SMILES string of the molecule is O=C(CSC(F)(F)F)NC1C(=O)N2C(C(=O)O)=C(CSc3nnc(CS(=O)(=O)O)o3)CS[C@H]12.[H-].[H-].[Na+].[Na+]. The predicted octanol–water partition coefficient (Wildman–Crippen LogP) is -5.23. The number of amides is 2. The molecule has 3 N–H and O–H groups in total. The van der Waals surface area contributed by atoms with Crippen LogP contribution in [0.1, 0.15) is 8.74 Å². The van der Waals surface area contributed by atoms with Gasteiger partial charge in [-0.2, -0.15) is 21.6 Å². The Kier molecular flexibility index (Phi) is 12.5. The Balaban J connectivity index is 0. The van der Waals surface area contributed by atoms with Crippen molar-refractivity contribution in [3.63, 3.8) is 0 Å². The van der Waals surface area contributed by atoms with E-state index >= 15 is 0 Å². The molecule has 1 aromatic heterocycles. The summed E-state index contributed by atoms with van der Waals surface area (Å²) in [6.07, 6.45) is 0. The van der Waals surface area contributed by atoms with E-state index in [4.69, 9.17) is 8.97 Å². The maximum atomic E-state index is 12.4. The van der Waals surface area contributed by atoms with Crippen LogP contribution in [0.15, 0.2) is 20.9 Å². The molecule has 12 nitrogen and oxygen atoms in total. The first-order valence-corrected chi connectivity index (χ1v) is 13.2. The van der Waals surface area contributed by atoms with Crippen LogP contribution in [-0.2, 0) is 30.3 Å². The van der Waals surface area contributed by atoms with E-state index in [1.807, 2.05) is 0 Å². The van der Waals surface area contributed by atoms with Gasteiger partial charge in [-0.15, -0.1) is 22.0 Å². The molecule has 0 bridgehead atoms. The van der Waals surface area contributed by atoms with E-state index in [0.29, 0.717) is 5.57 Å². The molecule has 0 aliphatic carbocycles. The first-order valence-electron chi connectivity index (χ1n) is 8.55. The number of halogens is 3. The number of β-lactam (4-membered cyclic amide) rings is 1. The summed E-state index contributed by atoms with van der Waals surface area (Å²) in [6.45, 7) is 0. The minimum Gasteiger partial charge on any atom is -1.00 e. The molecule has 21 heteroatoms. The number of thioether (sulfide) groups is 3. The molecule has 3 rings (SSSR count). The number of nitrogens with one attached hydrogen (secondary N) is 1. The summed E-state index contributed by atoms with van der Waals surface area (Å²) in [7, 11) is -4.38. The van der Waals surface area contributed by atoms with Crippen molar-refractivity contribution < 1.29 is 112 Å². The van der Waals surface area contributed by atoms with Crippen LogP contribution in [0, 0.1) is 0 Å². The number of alkyl halides is 3. The molecule has 1 fully saturated rings. The van der Waals surface area contributed by atoms with Gasteiger partial charge in [0.15, 0.2) is 5.75 Å². The summed E-state index contributed by atoms with van der Waals surface area (Å²) in [5, 5.41) is 17.9. The van der Waals surface area contributed by atoms with Gasteiger partial charge in [0, 0.05) is 11.5 Å². The fraction of sp³-hybridized carbons (Fsp3) is 0.500. The van der Waals surface area contributed by atoms with Crippen LogP contribution < -0.4 is 64.4 Å². The number of carboxylic acid groups (broad SMARTS) is 1. The summed E-state index contributed by atoms with van der Waals surface area (Å²) < 4.78 is 72.2. The van der Waals surface area contributed by atoms with Gasteiger partial charge in [0.1, 0.15) is 17.1 Å². The first kappa shape index (κ1) is 33.1. The molecule has 35 heavy (non-hydrogen) atoms. The van der Waals surface area contributed by atoms with Crippen LogP contribution in [0.5, 0.6) is 0 Å². The van der Waals surface area contributed by atoms with Crippen molar-refractivity contribution in [2.24, 2.45) is 0 Å². The van der Waals surface area contributed by atoms with Crippen molar-refractivity contribution in [2.45, 2.75) is 27.9 Å². The molecule has 3 heterocycles. The van der Waals surface area contributed by atoms with Crippen LogP contribution >= 0.6 is 35.3 Å². The van der Waals surface area contributed by atoms with E-state index in [0.717, 1.165) is 28.4 Å². The van der Waals surface area contributed by atoms with Crippen LogP contribution in [0.4, 0.5) is 13.2 Å². The van der Waals surface area contributed by atoms with E-state index in [1.54, 1.807) is 0 Å². The fourth-order valence-electron chi connectivity index (χ4n) is 2.82. The molecule has 0 aromatic carbocycles. The topological polar surface area (TPSA) is 180 Å². The number of nitrogens with zero attached hydrogens (tertiary/aromatic N) is 3. The molecule has 1 saturated heterocycles. The number of aromatic nitrogens is 2. The van der Waals surface area contributed by atoms with Gasteiger partial charge in [0.25, 0.3) is 21.2 Å². The maximum absolute atomic E-state index is 12.4. The predicted molar refractivity (Wildman–Crippen MR) is 111 cm³/mol. The summed E-state index contributed by atoms with van der Waals surface area (Å²) in [6, 6.07) is -1.15. The van der Waals surface area contributed by atoms with E-state index in [2.05, 4.69) is 15.5 Å². The Morgan fingerprint density at radius 3 is 2.54 bits per heavy atom. The summed E-state index contributed by atoms with van der Waals surface area (Å²) in [4.78, 5) is 36.9. The molecular weight excluding hydrogens is 583 g/mol. The number of carbonyl (C=O) groups excluding carboxylic acids is 2. The monoisotopic (exact) mass is 598 g/mol. The third-order valence-corrected chi connectivity index (χ3v) is 7.65. The Labute approximate surface area is 255 Å². The van der Waals surface area contributed by atoms with Gasteiger partial charge in [-0.3, -0.25) is 19.0 Å². The van der Waals surface area contributed by atoms with Crippen molar-refractivity contribution in [3.8, 4) is 0 Å². The summed E-state index contributed by atoms with van der Waals surface area (Å²) in [5.41, 5.74) is -4.64. The quantitative estimate of drug-likeness (QED) is 0.106. The summed E-state index contributed by atoms with van der Waals surface area (Å²) in [5.74, 6) is -5.28.